The molecule has 0 aromatic heterocycles. The zero-order valence-electron chi connectivity index (χ0n) is 9.39. The number of carbonyl (C=O) groups excluding carboxylic acids is 1. The number of anilines is 1. The summed E-state index contributed by atoms with van der Waals surface area (Å²) < 4.78 is 0.722. The van der Waals surface area contributed by atoms with Crippen molar-refractivity contribution in [3.05, 3.63) is 28.2 Å². The second-order valence-corrected chi connectivity index (χ2v) is 4.95. The fourth-order valence-corrected chi connectivity index (χ4v) is 2.31. The number of benzene rings is 1. The van der Waals surface area contributed by atoms with Gasteiger partial charge in [0.1, 0.15) is 0 Å². The van der Waals surface area contributed by atoms with Crippen molar-refractivity contribution in [2.75, 3.05) is 11.4 Å². The third-order valence-corrected chi connectivity index (χ3v) is 3.33. The zero-order chi connectivity index (χ0) is 13.3. The van der Waals surface area contributed by atoms with Crippen LogP contribution >= 0.6 is 15.9 Å². The molecule has 0 bridgehead atoms. The van der Waals surface area contributed by atoms with Gasteiger partial charge in [0.25, 0.3) is 0 Å². The first-order valence-corrected chi connectivity index (χ1v) is 6.11. The van der Waals surface area contributed by atoms with Gasteiger partial charge in [0.05, 0.1) is 11.3 Å². The second kappa shape index (κ2) is 4.83. The molecular weight excluding hydrogens is 298 g/mol. The summed E-state index contributed by atoms with van der Waals surface area (Å²) in [6.45, 7) is 0.367. The van der Waals surface area contributed by atoms with Crippen LogP contribution in [-0.4, -0.2) is 23.5 Å². The molecular formula is C13H10BrNO3. The number of hydrogen-bond acceptors (Lipinski definition) is 2. The van der Waals surface area contributed by atoms with Crippen LogP contribution in [0.1, 0.15) is 16.8 Å². The van der Waals surface area contributed by atoms with Gasteiger partial charge in [-0.05, 0) is 18.2 Å². The highest BCUT2D eigenvalue weighted by Crippen LogP contribution is 2.30. The molecule has 1 aromatic rings. The van der Waals surface area contributed by atoms with Crippen molar-refractivity contribution in [1.29, 1.82) is 0 Å². The van der Waals surface area contributed by atoms with E-state index in [9.17, 15) is 9.59 Å². The van der Waals surface area contributed by atoms with E-state index in [2.05, 4.69) is 21.9 Å². The maximum absolute atomic E-state index is 11.9. The maximum atomic E-state index is 11.9. The Hall–Kier alpha value is -1.80. The van der Waals surface area contributed by atoms with Gasteiger partial charge in [-0.2, -0.15) is 0 Å². The van der Waals surface area contributed by atoms with E-state index >= 15 is 0 Å². The lowest BCUT2D eigenvalue weighted by Crippen LogP contribution is -2.26. The quantitative estimate of drug-likeness (QED) is 0.852. The second-order valence-electron chi connectivity index (χ2n) is 4.04. The Bertz CT molecular complexity index is 562. The normalized spacial score (nSPS) is 18.8. The minimum Gasteiger partial charge on any atom is -0.478 e. The molecule has 1 atom stereocenters. The Kier molecular flexibility index (Phi) is 3.39. The first-order chi connectivity index (χ1) is 8.52. The summed E-state index contributed by atoms with van der Waals surface area (Å²) in [6.07, 6.45) is 5.58. The lowest BCUT2D eigenvalue weighted by atomic mass is 10.1. The van der Waals surface area contributed by atoms with Crippen molar-refractivity contribution < 1.29 is 14.7 Å². The van der Waals surface area contributed by atoms with Crippen LogP contribution in [0.3, 0.4) is 0 Å². The fraction of sp³-hybridized carbons (Fsp3) is 0.231. The van der Waals surface area contributed by atoms with Crippen molar-refractivity contribution in [3.8, 4) is 12.3 Å². The van der Waals surface area contributed by atoms with E-state index in [-0.39, 0.29) is 23.8 Å². The smallest absolute Gasteiger partial charge is 0.337 e. The monoisotopic (exact) mass is 307 g/mol. The molecule has 1 unspecified atom stereocenters. The lowest BCUT2D eigenvalue weighted by Gasteiger charge is -2.18. The molecule has 1 saturated heterocycles. The van der Waals surface area contributed by atoms with Gasteiger partial charge in [-0.1, -0.05) is 15.9 Å². The zero-order valence-corrected chi connectivity index (χ0v) is 11.0. The van der Waals surface area contributed by atoms with E-state index in [1.807, 2.05) is 0 Å². The average molecular weight is 308 g/mol. The number of carboxylic acids is 1. The Morgan fingerprint density at radius 3 is 2.83 bits per heavy atom. The molecule has 5 heteroatoms. The van der Waals surface area contributed by atoms with Gasteiger partial charge in [0.2, 0.25) is 5.91 Å². The third-order valence-electron chi connectivity index (χ3n) is 2.84. The van der Waals surface area contributed by atoms with E-state index < -0.39 is 5.97 Å². The van der Waals surface area contributed by atoms with Crippen LogP contribution in [0.4, 0.5) is 5.69 Å². The number of hydrogen-bond donors (Lipinski definition) is 1. The van der Waals surface area contributed by atoms with E-state index in [1.165, 1.54) is 11.0 Å². The van der Waals surface area contributed by atoms with Crippen molar-refractivity contribution in [3.63, 3.8) is 0 Å². The van der Waals surface area contributed by atoms with Gasteiger partial charge in [-0.25, -0.2) is 4.79 Å². The van der Waals surface area contributed by atoms with Crippen LogP contribution in [0.2, 0.25) is 0 Å². The fourth-order valence-electron chi connectivity index (χ4n) is 1.96. The Morgan fingerprint density at radius 2 is 2.28 bits per heavy atom. The molecule has 0 radical (unpaired) electrons. The van der Waals surface area contributed by atoms with E-state index in [0.717, 1.165) is 4.47 Å². The number of aromatic carboxylic acids is 1. The van der Waals surface area contributed by atoms with Gasteiger partial charge < -0.3 is 10.0 Å². The maximum Gasteiger partial charge on any atom is 0.337 e. The van der Waals surface area contributed by atoms with Gasteiger partial charge in [0.15, 0.2) is 0 Å². The molecule has 1 N–H and O–H groups in total. The summed E-state index contributed by atoms with van der Waals surface area (Å²) in [7, 11) is 0. The summed E-state index contributed by atoms with van der Waals surface area (Å²) in [5.74, 6) is 1.18. The van der Waals surface area contributed by atoms with Gasteiger partial charge in [0, 0.05) is 23.4 Å². The van der Waals surface area contributed by atoms with Gasteiger partial charge in [-0.3, -0.25) is 4.79 Å². The molecule has 0 spiro atoms. The summed E-state index contributed by atoms with van der Waals surface area (Å²) in [5, 5.41) is 9.13. The Balaban J connectivity index is 2.45. The number of halogens is 1. The van der Waals surface area contributed by atoms with Crippen molar-refractivity contribution in [2.24, 2.45) is 5.92 Å². The standard InChI is InChI=1S/C13H10BrNO3/c1-2-8-5-12(16)15(7-8)11-6-9(14)3-4-10(11)13(17)18/h1,3-4,6,8H,5,7H2,(H,17,18). The Labute approximate surface area is 113 Å². The summed E-state index contributed by atoms with van der Waals surface area (Å²) in [4.78, 5) is 24.4. The topological polar surface area (TPSA) is 57.6 Å². The SMILES string of the molecule is C#CC1CC(=O)N(c2cc(Br)ccc2C(=O)O)C1. The van der Waals surface area contributed by atoms with E-state index in [0.29, 0.717) is 12.2 Å². The molecule has 4 nitrogen and oxygen atoms in total. The Morgan fingerprint density at radius 1 is 1.56 bits per heavy atom. The highest BCUT2D eigenvalue weighted by Gasteiger charge is 2.31. The molecule has 0 saturated carbocycles. The number of carboxylic acid groups (broad SMARTS) is 1. The van der Waals surface area contributed by atoms with Crippen LogP contribution in [0.15, 0.2) is 22.7 Å². The molecule has 1 fully saturated rings. The molecule has 92 valence electrons. The van der Waals surface area contributed by atoms with Crippen LogP contribution in [-0.2, 0) is 4.79 Å². The molecule has 1 amide bonds. The van der Waals surface area contributed by atoms with Gasteiger partial charge >= 0.3 is 5.97 Å². The van der Waals surface area contributed by atoms with Crippen LogP contribution in [0.5, 0.6) is 0 Å². The molecule has 1 heterocycles. The number of amides is 1. The lowest BCUT2D eigenvalue weighted by molar-refractivity contribution is -0.117. The summed E-state index contributed by atoms with van der Waals surface area (Å²) >= 11 is 3.27. The van der Waals surface area contributed by atoms with Crippen LogP contribution in [0.25, 0.3) is 0 Å². The minimum absolute atomic E-state index is 0.101. The molecule has 2 rings (SSSR count). The highest BCUT2D eigenvalue weighted by molar-refractivity contribution is 9.10. The van der Waals surface area contributed by atoms with E-state index in [4.69, 9.17) is 11.5 Å². The molecule has 1 aromatic carbocycles. The molecule has 1 aliphatic heterocycles. The van der Waals surface area contributed by atoms with Crippen molar-refractivity contribution in [1.82, 2.24) is 0 Å². The number of nitrogens with zero attached hydrogens (tertiary/aromatic N) is 1. The van der Waals surface area contributed by atoms with Crippen molar-refractivity contribution in [2.45, 2.75) is 6.42 Å². The average Bonchev–Trinajstić information content (AvgIpc) is 2.70. The van der Waals surface area contributed by atoms with Crippen molar-refractivity contribution >= 4 is 33.5 Å². The number of terminal acetylenes is 1. The van der Waals surface area contributed by atoms with Gasteiger partial charge in [-0.15, -0.1) is 12.3 Å². The van der Waals surface area contributed by atoms with E-state index in [1.54, 1.807) is 12.1 Å². The largest absolute Gasteiger partial charge is 0.478 e. The first kappa shape index (κ1) is 12.7. The molecule has 1 aliphatic rings. The third kappa shape index (κ3) is 2.24. The predicted octanol–water partition coefficient (Wildman–Crippen LogP) is 2.13. The summed E-state index contributed by atoms with van der Waals surface area (Å²) in [6, 6.07) is 4.73. The molecule has 0 aliphatic carbocycles. The first-order valence-electron chi connectivity index (χ1n) is 5.32. The number of carbonyl (C=O) groups is 2. The highest BCUT2D eigenvalue weighted by atomic mass is 79.9. The van der Waals surface area contributed by atoms with Crippen LogP contribution < -0.4 is 4.90 Å². The number of rotatable bonds is 2. The molecule has 18 heavy (non-hydrogen) atoms. The predicted molar refractivity (Wildman–Crippen MR) is 70.4 cm³/mol. The van der Waals surface area contributed by atoms with Crippen LogP contribution in [0, 0.1) is 18.3 Å². The minimum atomic E-state index is -1.06. The summed E-state index contributed by atoms with van der Waals surface area (Å²) in [5.41, 5.74) is 0.490.